The average Bonchev–Trinajstić information content (AvgIpc) is 3.34. The molecule has 1 aromatic carbocycles. The highest BCUT2D eigenvalue weighted by Crippen LogP contribution is 2.16. The molecular formula is C22H36IN7. The topological polar surface area (TPSA) is 70.4 Å². The number of likely N-dealkylation sites (N-methyl/N-ethyl adjacent to an activating group) is 1. The monoisotopic (exact) mass is 525 g/mol. The van der Waals surface area contributed by atoms with E-state index in [2.05, 4.69) is 69.9 Å². The van der Waals surface area contributed by atoms with E-state index in [0.29, 0.717) is 18.5 Å². The SMILES string of the molecule is CCN1CCCC1CNC(=NCc1nnc(C)n1C)NCC(C)c1ccccc1.I. The molecule has 2 unspecified atom stereocenters. The Hall–Kier alpha value is -1.68. The minimum atomic E-state index is 0. The maximum Gasteiger partial charge on any atom is 0.191 e. The van der Waals surface area contributed by atoms with E-state index in [1.54, 1.807) is 0 Å². The molecule has 1 aliphatic rings. The Balaban J connectivity index is 0.00000320. The van der Waals surface area contributed by atoms with Crippen LogP contribution in [0.25, 0.3) is 0 Å². The zero-order valence-corrected chi connectivity index (χ0v) is 21.0. The Morgan fingerprint density at radius 3 is 2.67 bits per heavy atom. The third kappa shape index (κ3) is 6.66. The molecule has 0 radical (unpaired) electrons. The van der Waals surface area contributed by atoms with Crippen LogP contribution in [0.5, 0.6) is 0 Å². The van der Waals surface area contributed by atoms with Crippen molar-refractivity contribution in [2.45, 2.75) is 52.1 Å². The van der Waals surface area contributed by atoms with Gasteiger partial charge in [-0.1, -0.05) is 44.2 Å². The summed E-state index contributed by atoms with van der Waals surface area (Å²) in [4.78, 5) is 7.34. The lowest BCUT2D eigenvalue weighted by Gasteiger charge is -2.24. The maximum atomic E-state index is 4.80. The van der Waals surface area contributed by atoms with Gasteiger partial charge in [-0.15, -0.1) is 34.2 Å². The van der Waals surface area contributed by atoms with Crippen molar-refractivity contribution in [2.24, 2.45) is 12.0 Å². The standard InChI is InChI=1S/C22H35N7.HI/c1-5-29-13-9-12-20(29)15-24-22(25-16-21-27-26-18(3)28(21)4)23-14-17(2)19-10-7-6-8-11-19;/h6-8,10-11,17,20H,5,9,12-16H2,1-4H3,(H2,23,24,25);1H. The van der Waals surface area contributed by atoms with Gasteiger partial charge >= 0.3 is 0 Å². The first kappa shape index (κ1) is 24.6. The third-order valence-electron chi connectivity index (χ3n) is 5.92. The first-order chi connectivity index (χ1) is 14.1. The molecule has 2 heterocycles. The van der Waals surface area contributed by atoms with Crippen molar-refractivity contribution in [3.63, 3.8) is 0 Å². The highest BCUT2D eigenvalue weighted by molar-refractivity contribution is 14.0. The summed E-state index contributed by atoms with van der Waals surface area (Å²) in [6.45, 7) is 11.0. The minimum Gasteiger partial charge on any atom is -0.356 e. The van der Waals surface area contributed by atoms with E-state index < -0.39 is 0 Å². The number of hydrogen-bond donors (Lipinski definition) is 2. The smallest absolute Gasteiger partial charge is 0.191 e. The van der Waals surface area contributed by atoms with Gasteiger partial charge in [0.2, 0.25) is 0 Å². The lowest BCUT2D eigenvalue weighted by molar-refractivity contribution is 0.267. The van der Waals surface area contributed by atoms with Gasteiger partial charge in [0.15, 0.2) is 11.8 Å². The number of rotatable bonds is 8. The van der Waals surface area contributed by atoms with E-state index in [9.17, 15) is 0 Å². The molecule has 0 amide bonds. The van der Waals surface area contributed by atoms with Crippen LogP contribution in [-0.4, -0.2) is 57.8 Å². The molecule has 2 atom stereocenters. The number of likely N-dealkylation sites (tertiary alicyclic amines) is 1. The molecule has 1 saturated heterocycles. The molecule has 0 bridgehead atoms. The van der Waals surface area contributed by atoms with Crippen LogP contribution in [0.15, 0.2) is 35.3 Å². The van der Waals surface area contributed by atoms with Gasteiger partial charge in [-0.2, -0.15) is 0 Å². The maximum absolute atomic E-state index is 4.80. The summed E-state index contributed by atoms with van der Waals surface area (Å²) in [6, 6.07) is 11.2. The Bertz CT molecular complexity index is 790. The molecule has 2 aromatic rings. The van der Waals surface area contributed by atoms with Crippen molar-refractivity contribution in [1.82, 2.24) is 30.3 Å². The number of benzene rings is 1. The minimum absolute atomic E-state index is 0. The molecule has 0 aliphatic carbocycles. The van der Waals surface area contributed by atoms with E-state index in [4.69, 9.17) is 4.99 Å². The normalized spacial score (nSPS) is 18.1. The van der Waals surface area contributed by atoms with Gasteiger partial charge in [0.25, 0.3) is 0 Å². The molecule has 30 heavy (non-hydrogen) atoms. The summed E-state index contributed by atoms with van der Waals surface area (Å²) in [5, 5.41) is 15.5. The second-order valence-corrected chi connectivity index (χ2v) is 7.89. The molecule has 166 valence electrons. The molecule has 0 saturated carbocycles. The van der Waals surface area contributed by atoms with Crippen molar-refractivity contribution in [2.75, 3.05) is 26.2 Å². The van der Waals surface area contributed by atoms with Crippen LogP contribution < -0.4 is 10.6 Å². The molecule has 0 spiro atoms. The number of aromatic nitrogens is 3. The summed E-state index contributed by atoms with van der Waals surface area (Å²) in [7, 11) is 1.98. The number of nitrogens with zero attached hydrogens (tertiary/aromatic N) is 5. The van der Waals surface area contributed by atoms with Crippen LogP contribution in [0, 0.1) is 6.92 Å². The summed E-state index contributed by atoms with van der Waals surface area (Å²) in [5.41, 5.74) is 1.33. The van der Waals surface area contributed by atoms with Gasteiger partial charge in [-0.05, 0) is 44.3 Å². The molecule has 1 fully saturated rings. The van der Waals surface area contributed by atoms with Crippen LogP contribution in [0.3, 0.4) is 0 Å². The largest absolute Gasteiger partial charge is 0.356 e. The van der Waals surface area contributed by atoms with E-state index in [-0.39, 0.29) is 24.0 Å². The van der Waals surface area contributed by atoms with Gasteiger partial charge in [0, 0.05) is 26.2 Å². The fourth-order valence-corrected chi connectivity index (χ4v) is 3.82. The summed E-state index contributed by atoms with van der Waals surface area (Å²) >= 11 is 0. The number of aliphatic imine (C=N–C) groups is 1. The van der Waals surface area contributed by atoms with Gasteiger partial charge in [-0.25, -0.2) is 4.99 Å². The third-order valence-corrected chi connectivity index (χ3v) is 5.92. The lowest BCUT2D eigenvalue weighted by atomic mass is 10.0. The molecule has 1 aromatic heterocycles. The fourth-order valence-electron chi connectivity index (χ4n) is 3.82. The highest BCUT2D eigenvalue weighted by atomic mass is 127. The Morgan fingerprint density at radius 2 is 2.00 bits per heavy atom. The molecule has 8 heteroatoms. The predicted octanol–water partition coefficient (Wildman–Crippen LogP) is 3.06. The van der Waals surface area contributed by atoms with E-state index in [0.717, 1.165) is 37.2 Å². The zero-order chi connectivity index (χ0) is 20.6. The molecule has 2 N–H and O–H groups in total. The number of guanidine groups is 1. The predicted molar refractivity (Wildman–Crippen MR) is 133 cm³/mol. The Morgan fingerprint density at radius 1 is 1.23 bits per heavy atom. The number of aryl methyl sites for hydroxylation is 1. The Kier molecular flexibility index (Phi) is 10.0. The van der Waals surface area contributed by atoms with Gasteiger partial charge < -0.3 is 15.2 Å². The quantitative estimate of drug-likeness (QED) is 0.315. The summed E-state index contributed by atoms with van der Waals surface area (Å²) in [6.07, 6.45) is 2.53. The van der Waals surface area contributed by atoms with Crippen LogP contribution in [0.1, 0.15) is 49.8 Å². The number of hydrogen-bond acceptors (Lipinski definition) is 4. The second-order valence-electron chi connectivity index (χ2n) is 7.89. The number of halogens is 1. The van der Waals surface area contributed by atoms with Crippen LogP contribution in [0.4, 0.5) is 0 Å². The van der Waals surface area contributed by atoms with Gasteiger partial charge in [0.1, 0.15) is 12.4 Å². The van der Waals surface area contributed by atoms with E-state index in [1.165, 1.54) is 24.9 Å². The lowest BCUT2D eigenvalue weighted by Crippen LogP contribution is -2.45. The van der Waals surface area contributed by atoms with Gasteiger partial charge in [0.05, 0.1) is 0 Å². The first-order valence-corrected chi connectivity index (χ1v) is 10.7. The first-order valence-electron chi connectivity index (χ1n) is 10.7. The van der Waals surface area contributed by atoms with Crippen LogP contribution in [-0.2, 0) is 13.6 Å². The summed E-state index contributed by atoms with van der Waals surface area (Å²) < 4.78 is 1.99. The van der Waals surface area contributed by atoms with Crippen LogP contribution in [0.2, 0.25) is 0 Å². The summed E-state index contributed by atoms with van der Waals surface area (Å²) in [5.74, 6) is 3.02. The Labute approximate surface area is 197 Å². The highest BCUT2D eigenvalue weighted by Gasteiger charge is 2.23. The van der Waals surface area contributed by atoms with Crippen molar-refractivity contribution < 1.29 is 0 Å². The van der Waals surface area contributed by atoms with Crippen molar-refractivity contribution in [1.29, 1.82) is 0 Å². The van der Waals surface area contributed by atoms with E-state index in [1.807, 2.05) is 18.5 Å². The van der Waals surface area contributed by atoms with Crippen molar-refractivity contribution in [3.05, 3.63) is 47.5 Å². The molecule has 1 aliphatic heterocycles. The van der Waals surface area contributed by atoms with Crippen molar-refractivity contribution in [3.8, 4) is 0 Å². The van der Waals surface area contributed by atoms with Gasteiger partial charge in [-0.3, -0.25) is 4.90 Å². The second kappa shape index (κ2) is 12.2. The van der Waals surface area contributed by atoms with Crippen LogP contribution >= 0.6 is 24.0 Å². The molecule has 3 rings (SSSR count). The van der Waals surface area contributed by atoms with Crippen molar-refractivity contribution >= 4 is 29.9 Å². The fraction of sp³-hybridized carbons (Fsp3) is 0.591. The number of nitrogens with one attached hydrogen (secondary N) is 2. The average molecular weight is 525 g/mol. The molecule has 7 nitrogen and oxygen atoms in total. The zero-order valence-electron chi connectivity index (χ0n) is 18.6. The van der Waals surface area contributed by atoms with E-state index >= 15 is 0 Å². The molecular weight excluding hydrogens is 489 g/mol.